The fourth-order valence-electron chi connectivity index (χ4n) is 2.76. The molecule has 0 bridgehead atoms. The van der Waals surface area contributed by atoms with Crippen molar-refractivity contribution in [3.63, 3.8) is 0 Å². The first-order chi connectivity index (χ1) is 9.20. The lowest BCUT2D eigenvalue weighted by atomic mass is 9.96. The van der Waals surface area contributed by atoms with Gasteiger partial charge in [-0.1, -0.05) is 6.92 Å². The van der Waals surface area contributed by atoms with Gasteiger partial charge < -0.3 is 15.0 Å². The molecular weight excluding hydrogens is 244 g/mol. The van der Waals surface area contributed by atoms with Crippen LogP contribution in [-0.4, -0.2) is 49.1 Å². The van der Waals surface area contributed by atoms with Crippen molar-refractivity contribution < 1.29 is 14.3 Å². The molecule has 5 heteroatoms. The van der Waals surface area contributed by atoms with Gasteiger partial charge in [-0.2, -0.15) is 0 Å². The summed E-state index contributed by atoms with van der Waals surface area (Å²) in [7, 11) is 0. The van der Waals surface area contributed by atoms with Crippen molar-refractivity contribution in [2.45, 2.75) is 45.1 Å². The monoisotopic (exact) mass is 268 g/mol. The molecule has 2 rings (SSSR count). The van der Waals surface area contributed by atoms with E-state index in [-0.39, 0.29) is 23.8 Å². The molecule has 0 radical (unpaired) electrons. The summed E-state index contributed by atoms with van der Waals surface area (Å²) in [5.41, 5.74) is 0. The van der Waals surface area contributed by atoms with Crippen LogP contribution < -0.4 is 5.32 Å². The van der Waals surface area contributed by atoms with Crippen molar-refractivity contribution in [3.8, 4) is 0 Å². The molecule has 0 aromatic rings. The lowest BCUT2D eigenvalue weighted by Gasteiger charge is -2.35. The summed E-state index contributed by atoms with van der Waals surface area (Å²) in [6.45, 7) is 4.90. The number of hydrogen-bond acceptors (Lipinski definition) is 3. The van der Waals surface area contributed by atoms with E-state index in [0.29, 0.717) is 25.9 Å². The maximum absolute atomic E-state index is 12.4. The van der Waals surface area contributed by atoms with Crippen LogP contribution in [0.4, 0.5) is 0 Å². The first kappa shape index (κ1) is 14.3. The number of amides is 2. The fraction of sp³-hybridized carbons (Fsp3) is 0.857. The Labute approximate surface area is 114 Å². The van der Waals surface area contributed by atoms with Crippen molar-refractivity contribution >= 4 is 11.8 Å². The second-order valence-electron chi connectivity index (χ2n) is 5.46. The number of hydrogen-bond donors (Lipinski definition) is 1. The zero-order chi connectivity index (χ0) is 13.7. The van der Waals surface area contributed by atoms with Crippen molar-refractivity contribution in [1.29, 1.82) is 0 Å². The van der Waals surface area contributed by atoms with E-state index in [1.54, 1.807) is 0 Å². The van der Waals surface area contributed by atoms with Crippen LogP contribution in [0.25, 0.3) is 0 Å². The van der Waals surface area contributed by atoms with Crippen LogP contribution in [0.5, 0.6) is 0 Å². The van der Waals surface area contributed by atoms with Gasteiger partial charge >= 0.3 is 0 Å². The van der Waals surface area contributed by atoms with Crippen molar-refractivity contribution in [1.82, 2.24) is 10.2 Å². The van der Waals surface area contributed by atoms with E-state index in [0.717, 1.165) is 32.4 Å². The highest BCUT2D eigenvalue weighted by molar-refractivity contribution is 5.83. The van der Waals surface area contributed by atoms with Gasteiger partial charge in [0, 0.05) is 32.7 Å². The quantitative estimate of drug-likeness (QED) is 0.825. The van der Waals surface area contributed by atoms with Gasteiger partial charge in [0.25, 0.3) is 0 Å². The molecule has 2 atom stereocenters. The van der Waals surface area contributed by atoms with Gasteiger partial charge in [-0.15, -0.1) is 0 Å². The molecule has 19 heavy (non-hydrogen) atoms. The van der Waals surface area contributed by atoms with E-state index >= 15 is 0 Å². The Morgan fingerprint density at radius 3 is 3.00 bits per heavy atom. The Kier molecular flexibility index (Phi) is 5.19. The Morgan fingerprint density at radius 2 is 2.32 bits per heavy atom. The summed E-state index contributed by atoms with van der Waals surface area (Å²) < 4.78 is 5.75. The zero-order valence-corrected chi connectivity index (χ0v) is 11.7. The van der Waals surface area contributed by atoms with Crippen LogP contribution >= 0.6 is 0 Å². The van der Waals surface area contributed by atoms with E-state index in [9.17, 15) is 9.59 Å². The molecule has 0 aliphatic carbocycles. The summed E-state index contributed by atoms with van der Waals surface area (Å²) in [5.74, 6) is 0.208. The van der Waals surface area contributed by atoms with E-state index in [2.05, 4.69) is 12.2 Å². The van der Waals surface area contributed by atoms with E-state index < -0.39 is 0 Å². The van der Waals surface area contributed by atoms with Crippen molar-refractivity contribution in [3.05, 3.63) is 0 Å². The van der Waals surface area contributed by atoms with E-state index in [1.807, 2.05) is 4.90 Å². The van der Waals surface area contributed by atoms with Gasteiger partial charge in [0.15, 0.2) is 0 Å². The minimum Gasteiger partial charge on any atom is -0.376 e. The molecule has 1 N–H and O–H groups in total. The molecule has 108 valence electrons. The molecule has 2 aliphatic heterocycles. The van der Waals surface area contributed by atoms with Crippen LogP contribution in [0.3, 0.4) is 0 Å². The van der Waals surface area contributed by atoms with Gasteiger partial charge in [0.05, 0.1) is 12.0 Å². The van der Waals surface area contributed by atoms with Gasteiger partial charge in [0.2, 0.25) is 11.8 Å². The summed E-state index contributed by atoms with van der Waals surface area (Å²) in [6.07, 6.45) is 4.42. The molecule has 2 unspecified atom stereocenters. The molecular formula is C14H24N2O3. The summed E-state index contributed by atoms with van der Waals surface area (Å²) in [6, 6.07) is 0. The smallest absolute Gasteiger partial charge is 0.227 e. The van der Waals surface area contributed by atoms with Gasteiger partial charge in [-0.25, -0.2) is 0 Å². The molecule has 5 nitrogen and oxygen atoms in total. The minimum absolute atomic E-state index is 0.0392. The molecule has 2 heterocycles. The number of carbonyl (C=O) groups is 2. The molecule has 2 aliphatic rings. The Balaban J connectivity index is 1.82. The average Bonchev–Trinajstić information content (AvgIpc) is 2.45. The number of nitrogens with one attached hydrogen (secondary N) is 1. The molecule has 2 saturated heterocycles. The normalized spacial score (nSPS) is 28.1. The maximum Gasteiger partial charge on any atom is 0.227 e. The third-order valence-corrected chi connectivity index (χ3v) is 3.86. The van der Waals surface area contributed by atoms with Crippen LogP contribution in [-0.2, 0) is 14.3 Å². The fourth-order valence-corrected chi connectivity index (χ4v) is 2.76. The molecule has 2 amide bonds. The number of likely N-dealkylation sites (tertiary alicyclic amines) is 1. The summed E-state index contributed by atoms with van der Waals surface area (Å²) in [5, 5.41) is 2.78. The van der Waals surface area contributed by atoms with Crippen LogP contribution in [0.2, 0.25) is 0 Å². The van der Waals surface area contributed by atoms with Crippen molar-refractivity contribution in [2.75, 3.05) is 26.2 Å². The summed E-state index contributed by atoms with van der Waals surface area (Å²) in [4.78, 5) is 25.4. The standard InChI is InChI=1S/C14H24N2O3/c1-2-8-19-12-4-3-7-16(10-12)14(18)11-5-6-13(17)15-9-11/h11-12H,2-10H2,1H3,(H,15,17). The number of ether oxygens (including phenoxy) is 1. The molecule has 0 saturated carbocycles. The number of piperidine rings is 2. The SMILES string of the molecule is CCCOC1CCCN(C(=O)C2CCC(=O)NC2)C1. The molecule has 0 spiro atoms. The second kappa shape index (κ2) is 6.89. The van der Waals surface area contributed by atoms with Gasteiger partial charge in [-0.3, -0.25) is 9.59 Å². The van der Waals surface area contributed by atoms with Crippen LogP contribution in [0.15, 0.2) is 0 Å². The molecule has 0 aromatic carbocycles. The third kappa shape index (κ3) is 3.93. The largest absolute Gasteiger partial charge is 0.376 e. The lowest BCUT2D eigenvalue weighted by Crippen LogP contribution is -2.49. The Morgan fingerprint density at radius 1 is 1.47 bits per heavy atom. The number of carbonyl (C=O) groups excluding carboxylic acids is 2. The highest BCUT2D eigenvalue weighted by Gasteiger charge is 2.31. The average molecular weight is 268 g/mol. The Bertz CT molecular complexity index is 323. The van der Waals surface area contributed by atoms with Crippen LogP contribution in [0, 0.1) is 5.92 Å². The first-order valence-corrected chi connectivity index (χ1v) is 7.37. The minimum atomic E-state index is -0.0392. The van der Waals surface area contributed by atoms with Crippen molar-refractivity contribution in [2.24, 2.45) is 5.92 Å². The Hall–Kier alpha value is -1.10. The van der Waals surface area contributed by atoms with E-state index in [1.165, 1.54) is 0 Å². The highest BCUT2D eigenvalue weighted by Crippen LogP contribution is 2.19. The topological polar surface area (TPSA) is 58.6 Å². The van der Waals surface area contributed by atoms with Gasteiger partial charge in [0.1, 0.15) is 0 Å². The predicted molar refractivity (Wildman–Crippen MR) is 71.6 cm³/mol. The molecule has 0 aromatic heterocycles. The maximum atomic E-state index is 12.4. The second-order valence-corrected chi connectivity index (χ2v) is 5.46. The summed E-state index contributed by atoms with van der Waals surface area (Å²) >= 11 is 0. The predicted octanol–water partition coefficient (Wildman–Crippen LogP) is 0.930. The highest BCUT2D eigenvalue weighted by atomic mass is 16.5. The zero-order valence-electron chi connectivity index (χ0n) is 11.7. The van der Waals surface area contributed by atoms with Crippen LogP contribution in [0.1, 0.15) is 39.0 Å². The number of rotatable bonds is 4. The number of nitrogens with zero attached hydrogens (tertiary/aromatic N) is 1. The lowest BCUT2D eigenvalue weighted by molar-refractivity contribution is -0.141. The van der Waals surface area contributed by atoms with Gasteiger partial charge in [-0.05, 0) is 25.7 Å². The third-order valence-electron chi connectivity index (χ3n) is 3.86. The first-order valence-electron chi connectivity index (χ1n) is 7.37. The molecule has 2 fully saturated rings. The van der Waals surface area contributed by atoms with E-state index in [4.69, 9.17) is 4.74 Å².